The van der Waals surface area contributed by atoms with Crippen LogP contribution in [0.15, 0.2) is 65.6 Å². The van der Waals surface area contributed by atoms with Crippen LogP contribution in [0.25, 0.3) is 11.1 Å². The Labute approximate surface area is 171 Å². The van der Waals surface area contributed by atoms with Gasteiger partial charge in [-0.05, 0) is 36.2 Å². The molecule has 150 valence electrons. The highest BCUT2D eigenvalue weighted by Gasteiger charge is 2.31. The fourth-order valence-corrected chi connectivity index (χ4v) is 4.59. The van der Waals surface area contributed by atoms with Crippen molar-refractivity contribution in [2.75, 3.05) is 14.2 Å². The first-order valence-electron chi connectivity index (χ1n) is 9.27. The summed E-state index contributed by atoms with van der Waals surface area (Å²) in [4.78, 5) is 0.145. The van der Waals surface area contributed by atoms with Gasteiger partial charge < -0.3 is 9.47 Å². The van der Waals surface area contributed by atoms with Crippen LogP contribution in [0.3, 0.4) is 0 Å². The van der Waals surface area contributed by atoms with Crippen molar-refractivity contribution < 1.29 is 22.1 Å². The third-order valence-electron chi connectivity index (χ3n) is 5.14. The van der Waals surface area contributed by atoms with Crippen molar-refractivity contribution in [3.63, 3.8) is 0 Å². The zero-order valence-corrected chi connectivity index (χ0v) is 17.3. The van der Waals surface area contributed by atoms with E-state index in [1.807, 2.05) is 55.5 Å². The highest BCUT2D eigenvalue weighted by atomic mass is 32.2. The number of hydrogen-bond acceptors (Lipinski definition) is 5. The second kappa shape index (κ2) is 7.54. The van der Waals surface area contributed by atoms with E-state index >= 15 is 0 Å². The second-order valence-corrected chi connectivity index (χ2v) is 8.68. The Morgan fingerprint density at radius 2 is 1.79 bits per heavy atom. The Morgan fingerprint density at radius 1 is 1.00 bits per heavy atom. The van der Waals surface area contributed by atoms with Crippen molar-refractivity contribution in [3.05, 3.63) is 77.4 Å². The molecule has 1 heterocycles. The number of methoxy groups -OCH3 is 1. The Morgan fingerprint density at radius 3 is 2.55 bits per heavy atom. The molecule has 0 aromatic heterocycles. The predicted molar refractivity (Wildman–Crippen MR) is 111 cm³/mol. The van der Waals surface area contributed by atoms with E-state index in [2.05, 4.69) is 0 Å². The van der Waals surface area contributed by atoms with Gasteiger partial charge in [0.05, 0.1) is 14.2 Å². The highest BCUT2D eigenvalue weighted by molar-refractivity contribution is 7.86. The van der Waals surface area contributed by atoms with Gasteiger partial charge in [-0.15, -0.1) is 0 Å². The van der Waals surface area contributed by atoms with E-state index < -0.39 is 16.2 Å². The molecule has 29 heavy (non-hydrogen) atoms. The molecule has 0 spiro atoms. The topological polar surface area (TPSA) is 61.8 Å². The molecule has 0 N–H and O–H groups in total. The van der Waals surface area contributed by atoms with Crippen molar-refractivity contribution in [2.24, 2.45) is 0 Å². The Kier molecular flexibility index (Phi) is 5.06. The van der Waals surface area contributed by atoms with E-state index in [9.17, 15) is 8.42 Å². The maximum atomic E-state index is 12.4. The SMILES string of the molecule is COc1cccc(-c2cccc3c2OC(c2cc(C)ccc2S(=O)(=O)OC)C3)c1. The number of rotatable bonds is 5. The summed E-state index contributed by atoms with van der Waals surface area (Å²) in [6.45, 7) is 1.93. The number of benzene rings is 3. The number of fused-ring (bicyclic) bond motifs is 1. The van der Waals surface area contributed by atoms with Crippen LogP contribution >= 0.6 is 0 Å². The molecule has 0 aliphatic carbocycles. The lowest BCUT2D eigenvalue weighted by atomic mass is 9.98. The summed E-state index contributed by atoms with van der Waals surface area (Å²) < 4.78 is 41.3. The van der Waals surface area contributed by atoms with E-state index in [0.717, 1.165) is 33.8 Å². The maximum absolute atomic E-state index is 12.4. The van der Waals surface area contributed by atoms with Gasteiger partial charge in [0.1, 0.15) is 22.5 Å². The van der Waals surface area contributed by atoms with Gasteiger partial charge in [0.2, 0.25) is 0 Å². The molecule has 0 bridgehead atoms. The molecule has 0 amide bonds. The van der Waals surface area contributed by atoms with Crippen molar-refractivity contribution >= 4 is 10.1 Å². The van der Waals surface area contributed by atoms with Crippen LogP contribution in [0.2, 0.25) is 0 Å². The minimum absolute atomic E-state index is 0.145. The molecule has 1 aliphatic heterocycles. The normalized spacial score (nSPS) is 15.6. The minimum atomic E-state index is -3.84. The Hall–Kier alpha value is -2.83. The molecule has 1 aliphatic rings. The third kappa shape index (κ3) is 3.61. The van der Waals surface area contributed by atoms with E-state index in [1.165, 1.54) is 7.11 Å². The zero-order chi connectivity index (χ0) is 20.6. The van der Waals surface area contributed by atoms with Gasteiger partial charge in [-0.3, -0.25) is 4.18 Å². The quantitative estimate of drug-likeness (QED) is 0.572. The summed E-state index contributed by atoms with van der Waals surface area (Å²) in [5, 5.41) is 0. The first-order valence-corrected chi connectivity index (χ1v) is 10.7. The zero-order valence-electron chi connectivity index (χ0n) is 16.5. The van der Waals surface area contributed by atoms with Crippen LogP contribution < -0.4 is 9.47 Å². The molecule has 0 saturated carbocycles. The lowest BCUT2D eigenvalue weighted by molar-refractivity contribution is 0.235. The average molecular weight is 410 g/mol. The molecule has 0 saturated heterocycles. The first-order chi connectivity index (χ1) is 13.9. The fraction of sp³-hybridized carbons (Fsp3) is 0.217. The van der Waals surface area contributed by atoms with Crippen LogP contribution in [0, 0.1) is 6.92 Å². The van der Waals surface area contributed by atoms with Crippen LogP contribution in [-0.4, -0.2) is 22.6 Å². The molecule has 3 aromatic rings. The third-order valence-corrected chi connectivity index (χ3v) is 6.49. The lowest BCUT2D eigenvalue weighted by Crippen LogP contribution is -2.12. The molecule has 3 aromatic carbocycles. The summed E-state index contributed by atoms with van der Waals surface area (Å²) >= 11 is 0. The van der Waals surface area contributed by atoms with E-state index in [-0.39, 0.29) is 4.90 Å². The molecular weight excluding hydrogens is 388 g/mol. The van der Waals surface area contributed by atoms with Crippen LogP contribution in [-0.2, 0) is 20.7 Å². The van der Waals surface area contributed by atoms with E-state index in [4.69, 9.17) is 13.7 Å². The second-order valence-electron chi connectivity index (χ2n) is 7.00. The van der Waals surface area contributed by atoms with Gasteiger partial charge >= 0.3 is 0 Å². The van der Waals surface area contributed by atoms with Crippen molar-refractivity contribution in [2.45, 2.75) is 24.3 Å². The Bertz CT molecular complexity index is 1170. The average Bonchev–Trinajstić information content (AvgIpc) is 3.18. The van der Waals surface area contributed by atoms with Crippen LogP contribution in [0.1, 0.15) is 22.8 Å². The summed E-state index contributed by atoms with van der Waals surface area (Å²) in [6, 6.07) is 19.0. The van der Waals surface area contributed by atoms with Crippen LogP contribution in [0.5, 0.6) is 11.5 Å². The smallest absolute Gasteiger partial charge is 0.297 e. The van der Waals surface area contributed by atoms with Crippen molar-refractivity contribution in [1.29, 1.82) is 0 Å². The lowest BCUT2D eigenvalue weighted by Gasteiger charge is -2.17. The molecule has 0 radical (unpaired) electrons. The predicted octanol–water partition coefficient (Wildman–Crippen LogP) is 4.68. The van der Waals surface area contributed by atoms with E-state index in [1.54, 1.807) is 19.2 Å². The summed E-state index contributed by atoms with van der Waals surface area (Å²) in [5.41, 5.74) is 4.54. The van der Waals surface area contributed by atoms with Gasteiger partial charge in [0, 0.05) is 17.5 Å². The number of ether oxygens (including phenoxy) is 2. The van der Waals surface area contributed by atoms with Gasteiger partial charge in [-0.1, -0.05) is 48.0 Å². The number of hydrogen-bond donors (Lipinski definition) is 0. The molecular formula is C23H22O5S. The molecule has 4 rings (SSSR count). The standard InChI is InChI=1S/C23H22O5S/c1-15-10-11-22(29(24,25)27-3)20(12-15)21-14-17-7-5-9-19(23(17)28-21)16-6-4-8-18(13-16)26-2/h4-13,21H,14H2,1-3H3. The van der Waals surface area contributed by atoms with Crippen molar-refractivity contribution in [1.82, 2.24) is 0 Å². The number of para-hydroxylation sites is 1. The van der Waals surface area contributed by atoms with Gasteiger partial charge in [-0.25, -0.2) is 0 Å². The summed E-state index contributed by atoms with van der Waals surface area (Å²) in [6.07, 6.45) is 0.180. The molecule has 1 unspecified atom stereocenters. The molecule has 5 nitrogen and oxygen atoms in total. The minimum Gasteiger partial charge on any atom is -0.497 e. The highest BCUT2D eigenvalue weighted by Crippen LogP contribution is 2.45. The maximum Gasteiger partial charge on any atom is 0.297 e. The molecule has 6 heteroatoms. The first kappa shape index (κ1) is 19.5. The number of aryl methyl sites for hydroxylation is 1. The van der Waals surface area contributed by atoms with Crippen molar-refractivity contribution in [3.8, 4) is 22.6 Å². The molecule has 0 fully saturated rings. The largest absolute Gasteiger partial charge is 0.497 e. The van der Waals surface area contributed by atoms with Gasteiger partial charge in [-0.2, -0.15) is 8.42 Å². The molecule has 1 atom stereocenters. The summed E-state index contributed by atoms with van der Waals surface area (Å²) in [7, 11) is -1.03. The Balaban J connectivity index is 1.77. The van der Waals surface area contributed by atoms with Gasteiger partial charge in [0.15, 0.2) is 0 Å². The van der Waals surface area contributed by atoms with Crippen LogP contribution in [0.4, 0.5) is 0 Å². The van der Waals surface area contributed by atoms with Gasteiger partial charge in [0.25, 0.3) is 10.1 Å². The monoisotopic (exact) mass is 410 g/mol. The van der Waals surface area contributed by atoms with E-state index in [0.29, 0.717) is 12.0 Å². The summed E-state index contributed by atoms with van der Waals surface area (Å²) in [5.74, 6) is 1.54. The fourth-order valence-electron chi connectivity index (χ4n) is 3.70.